The lowest BCUT2D eigenvalue weighted by atomic mass is 9.83. The number of aromatic nitrogens is 1. The Morgan fingerprint density at radius 1 is 1.27 bits per heavy atom. The molecule has 15 heavy (non-hydrogen) atoms. The molecule has 1 N–H and O–H groups in total. The molecule has 2 nitrogen and oxygen atoms in total. The van der Waals surface area contributed by atoms with Crippen LogP contribution in [-0.2, 0) is 0 Å². The van der Waals surface area contributed by atoms with Crippen molar-refractivity contribution >= 4 is 17.4 Å². The maximum absolute atomic E-state index is 6.10. The average Bonchev–Trinajstić information content (AvgIpc) is 2.32. The molecule has 1 aliphatic carbocycles. The maximum Gasteiger partial charge on any atom is 0.126 e. The Kier molecular flexibility index (Phi) is 3.47. The summed E-state index contributed by atoms with van der Waals surface area (Å²) < 4.78 is 0. The number of nitrogens with one attached hydrogen (secondary N) is 1. The minimum atomic E-state index is 0.0775. The van der Waals surface area contributed by atoms with Crippen molar-refractivity contribution in [3.05, 3.63) is 24.4 Å². The van der Waals surface area contributed by atoms with Crippen LogP contribution in [0.1, 0.15) is 32.1 Å². The first-order valence-corrected chi connectivity index (χ1v) is 6.13. The topological polar surface area (TPSA) is 24.9 Å². The van der Waals surface area contributed by atoms with E-state index in [1.54, 1.807) is 0 Å². The van der Waals surface area contributed by atoms with E-state index in [2.05, 4.69) is 10.3 Å². The van der Waals surface area contributed by atoms with E-state index in [1.807, 2.05) is 24.4 Å². The molecular weight excluding hydrogens is 208 g/mol. The van der Waals surface area contributed by atoms with Crippen molar-refractivity contribution in [2.45, 2.75) is 37.6 Å². The number of halogens is 1. The van der Waals surface area contributed by atoms with Crippen molar-refractivity contribution in [2.75, 3.05) is 11.2 Å². The molecule has 0 unspecified atom stereocenters. The van der Waals surface area contributed by atoms with Gasteiger partial charge in [0.2, 0.25) is 0 Å². The summed E-state index contributed by atoms with van der Waals surface area (Å²) in [5, 5.41) is 3.50. The highest BCUT2D eigenvalue weighted by Gasteiger charge is 2.31. The lowest BCUT2D eigenvalue weighted by molar-refractivity contribution is 0.352. The van der Waals surface area contributed by atoms with Crippen LogP contribution in [-0.4, -0.2) is 16.4 Å². The number of hydrogen-bond acceptors (Lipinski definition) is 2. The predicted molar refractivity (Wildman–Crippen MR) is 64.4 cm³/mol. The Morgan fingerprint density at radius 2 is 2.07 bits per heavy atom. The van der Waals surface area contributed by atoms with Gasteiger partial charge in [-0.15, -0.1) is 11.6 Å². The molecule has 0 aromatic carbocycles. The zero-order valence-corrected chi connectivity index (χ0v) is 9.63. The van der Waals surface area contributed by atoms with Gasteiger partial charge in [0, 0.05) is 12.1 Å². The highest BCUT2D eigenvalue weighted by Crippen LogP contribution is 2.32. The van der Waals surface area contributed by atoms with E-state index in [9.17, 15) is 0 Å². The highest BCUT2D eigenvalue weighted by molar-refractivity contribution is 6.18. The Balaban J connectivity index is 2.07. The van der Waals surface area contributed by atoms with Gasteiger partial charge in [-0.2, -0.15) is 0 Å². The van der Waals surface area contributed by atoms with Crippen LogP contribution in [0.3, 0.4) is 0 Å². The Bertz CT molecular complexity index is 294. The molecule has 1 aromatic heterocycles. The van der Waals surface area contributed by atoms with Crippen LogP contribution in [0.15, 0.2) is 24.4 Å². The third-order valence-electron chi connectivity index (χ3n) is 3.12. The van der Waals surface area contributed by atoms with E-state index in [0.29, 0.717) is 5.88 Å². The van der Waals surface area contributed by atoms with Crippen molar-refractivity contribution in [1.82, 2.24) is 4.98 Å². The SMILES string of the molecule is ClCC1(Nc2ccccn2)CCCCC1. The van der Waals surface area contributed by atoms with Gasteiger partial charge in [0.15, 0.2) is 0 Å². The molecule has 0 aliphatic heterocycles. The van der Waals surface area contributed by atoms with Gasteiger partial charge in [-0.05, 0) is 25.0 Å². The van der Waals surface area contributed by atoms with Crippen LogP contribution in [0.4, 0.5) is 5.82 Å². The molecule has 0 bridgehead atoms. The third-order valence-corrected chi connectivity index (χ3v) is 3.64. The van der Waals surface area contributed by atoms with E-state index in [0.717, 1.165) is 18.7 Å². The molecule has 1 fully saturated rings. The molecule has 1 heterocycles. The standard InChI is InChI=1S/C12H17ClN2/c13-10-12(7-3-1-4-8-12)15-11-6-2-5-9-14-11/h2,5-6,9H,1,3-4,7-8,10H2,(H,14,15). The number of rotatable bonds is 3. The van der Waals surface area contributed by atoms with Crippen LogP contribution in [0.2, 0.25) is 0 Å². The quantitative estimate of drug-likeness (QED) is 0.796. The molecule has 1 aromatic rings. The fraction of sp³-hybridized carbons (Fsp3) is 0.583. The Morgan fingerprint density at radius 3 is 2.67 bits per heavy atom. The minimum Gasteiger partial charge on any atom is -0.363 e. The fourth-order valence-corrected chi connectivity index (χ4v) is 2.56. The van der Waals surface area contributed by atoms with Crippen molar-refractivity contribution in [1.29, 1.82) is 0 Å². The monoisotopic (exact) mass is 224 g/mol. The van der Waals surface area contributed by atoms with Crippen LogP contribution in [0.5, 0.6) is 0 Å². The lowest BCUT2D eigenvalue weighted by Gasteiger charge is -2.36. The Hall–Kier alpha value is -0.760. The lowest BCUT2D eigenvalue weighted by Crippen LogP contribution is -2.42. The molecule has 82 valence electrons. The second-order valence-corrected chi connectivity index (χ2v) is 4.58. The summed E-state index contributed by atoms with van der Waals surface area (Å²) in [6, 6.07) is 5.93. The van der Waals surface area contributed by atoms with Crippen molar-refractivity contribution < 1.29 is 0 Å². The second kappa shape index (κ2) is 4.84. The molecule has 1 aliphatic rings. The van der Waals surface area contributed by atoms with E-state index < -0.39 is 0 Å². The summed E-state index contributed by atoms with van der Waals surface area (Å²) in [4.78, 5) is 4.30. The molecule has 1 saturated carbocycles. The first-order valence-electron chi connectivity index (χ1n) is 5.60. The molecule has 2 rings (SSSR count). The predicted octanol–water partition coefficient (Wildman–Crippen LogP) is 3.44. The number of alkyl halides is 1. The van der Waals surface area contributed by atoms with E-state index in [-0.39, 0.29) is 5.54 Å². The minimum absolute atomic E-state index is 0.0775. The zero-order valence-electron chi connectivity index (χ0n) is 8.88. The summed E-state index contributed by atoms with van der Waals surface area (Å²) in [6.45, 7) is 0. The van der Waals surface area contributed by atoms with Gasteiger partial charge in [0.1, 0.15) is 5.82 Å². The van der Waals surface area contributed by atoms with Gasteiger partial charge >= 0.3 is 0 Å². The number of hydrogen-bond donors (Lipinski definition) is 1. The normalized spacial score (nSPS) is 19.8. The van der Waals surface area contributed by atoms with E-state index in [4.69, 9.17) is 11.6 Å². The maximum atomic E-state index is 6.10. The van der Waals surface area contributed by atoms with Crippen LogP contribution in [0, 0.1) is 0 Å². The smallest absolute Gasteiger partial charge is 0.126 e. The van der Waals surface area contributed by atoms with Gasteiger partial charge < -0.3 is 5.32 Å². The van der Waals surface area contributed by atoms with Crippen molar-refractivity contribution in [3.63, 3.8) is 0 Å². The van der Waals surface area contributed by atoms with Gasteiger partial charge in [0.25, 0.3) is 0 Å². The largest absolute Gasteiger partial charge is 0.363 e. The first kappa shape index (κ1) is 10.7. The van der Waals surface area contributed by atoms with Crippen molar-refractivity contribution in [3.8, 4) is 0 Å². The van der Waals surface area contributed by atoms with Gasteiger partial charge in [-0.25, -0.2) is 4.98 Å². The fourth-order valence-electron chi connectivity index (χ4n) is 2.23. The molecule has 0 radical (unpaired) electrons. The number of nitrogens with zero attached hydrogens (tertiary/aromatic N) is 1. The number of anilines is 1. The molecule has 0 atom stereocenters. The third kappa shape index (κ3) is 2.63. The van der Waals surface area contributed by atoms with Gasteiger partial charge in [-0.1, -0.05) is 25.3 Å². The molecular formula is C12H17ClN2. The summed E-state index contributed by atoms with van der Waals surface area (Å²) in [6.07, 6.45) is 8.01. The second-order valence-electron chi connectivity index (χ2n) is 4.31. The molecule has 0 amide bonds. The summed E-state index contributed by atoms with van der Waals surface area (Å²) >= 11 is 6.10. The van der Waals surface area contributed by atoms with E-state index in [1.165, 1.54) is 19.3 Å². The van der Waals surface area contributed by atoms with E-state index >= 15 is 0 Å². The number of pyridine rings is 1. The molecule has 3 heteroatoms. The highest BCUT2D eigenvalue weighted by atomic mass is 35.5. The van der Waals surface area contributed by atoms with Gasteiger partial charge in [0.05, 0.1) is 5.54 Å². The summed E-state index contributed by atoms with van der Waals surface area (Å²) in [5.41, 5.74) is 0.0775. The van der Waals surface area contributed by atoms with Crippen LogP contribution in [0.25, 0.3) is 0 Å². The first-order chi connectivity index (χ1) is 7.35. The van der Waals surface area contributed by atoms with Crippen molar-refractivity contribution in [2.24, 2.45) is 0 Å². The van der Waals surface area contributed by atoms with Gasteiger partial charge in [-0.3, -0.25) is 0 Å². The average molecular weight is 225 g/mol. The van der Waals surface area contributed by atoms with Crippen LogP contribution < -0.4 is 5.32 Å². The Labute approximate surface area is 96.1 Å². The molecule has 0 spiro atoms. The summed E-state index contributed by atoms with van der Waals surface area (Å²) in [7, 11) is 0. The summed E-state index contributed by atoms with van der Waals surface area (Å²) in [5.74, 6) is 1.61. The van der Waals surface area contributed by atoms with Crippen LogP contribution >= 0.6 is 11.6 Å². The molecule has 0 saturated heterocycles. The zero-order chi connectivity index (χ0) is 10.6.